The van der Waals surface area contributed by atoms with Gasteiger partial charge in [0, 0.05) is 19.6 Å². The van der Waals surface area contributed by atoms with Gasteiger partial charge in [-0.1, -0.05) is 30.3 Å². The second-order valence-electron chi connectivity index (χ2n) is 4.26. The Bertz CT molecular complexity index is 547. The van der Waals surface area contributed by atoms with E-state index in [-0.39, 0.29) is 5.28 Å². The molecule has 0 aliphatic heterocycles. The highest BCUT2D eigenvalue weighted by Gasteiger charge is 2.11. The third-order valence-corrected chi connectivity index (χ3v) is 2.98. The van der Waals surface area contributed by atoms with E-state index in [9.17, 15) is 0 Å². The number of hydrogen-bond acceptors (Lipinski definition) is 5. The molecule has 0 bridgehead atoms. The average molecular weight is 292 g/mol. The molecule has 1 aromatic carbocycles. The van der Waals surface area contributed by atoms with E-state index in [4.69, 9.17) is 11.6 Å². The van der Waals surface area contributed by atoms with Crippen LogP contribution >= 0.6 is 11.6 Å². The Hall–Kier alpha value is -1.88. The van der Waals surface area contributed by atoms with E-state index in [0.717, 1.165) is 19.6 Å². The first kappa shape index (κ1) is 14.5. The number of halogens is 1. The molecule has 0 saturated carbocycles. The molecule has 20 heavy (non-hydrogen) atoms. The van der Waals surface area contributed by atoms with Crippen LogP contribution in [0.5, 0.6) is 0 Å². The highest BCUT2D eigenvalue weighted by Crippen LogP contribution is 2.16. The van der Waals surface area contributed by atoms with E-state index in [1.54, 1.807) is 0 Å². The van der Waals surface area contributed by atoms with Crippen LogP contribution in [0.1, 0.15) is 19.4 Å². The molecule has 0 spiro atoms. The summed E-state index contributed by atoms with van der Waals surface area (Å²) >= 11 is 5.96. The minimum atomic E-state index is 0.206. The molecule has 106 valence electrons. The standard InChI is InChI=1S/C14H18ClN5/c1-3-16-13-17-12(15)18-14(19-13)20(4-2)10-11-8-6-5-7-9-11/h5-9H,3-4,10H2,1-2H3,(H,16,17,18,19). The first-order chi connectivity index (χ1) is 9.72. The highest BCUT2D eigenvalue weighted by atomic mass is 35.5. The van der Waals surface area contributed by atoms with Crippen LogP contribution < -0.4 is 10.2 Å². The van der Waals surface area contributed by atoms with Crippen LogP contribution in [0.25, 0.3) is 0 Å². The molecule has 0 aliphatic rings. The molecule has 0 radical (unpaired) electrons. The van der Waals surface area contributed by atoms with Gasteiger partial charge in [0.15, 0.2) is 0 Å². The van der Waals surface area contributed by atoms with Crippen molar-refractivity contribution in [1.82, 2.24) is 15.0 Å². The van der Waals surface area contributed by atoms with Crippen molar-refractivity contribution in [3.63, 3.8) is 0 Å². The third-order valence-electron chi connectivity index (χ3n) is 2.81. The topological polar surface area (TPSA) is 53.9 Å². The van der Waals surface area contributed by atoms with Gasteiger partial charge < -0.3 is 10.2 Å². The lowest BCUT2D eigenvalue weighted by molar-refractivity contribution is 0.784. The molecule has 1 N–H and O–H groups in total. The second-order valence-corrected chi connectivity index (χ2v) is 4.60. The molecule has 6 heteroatoms. The number of aromatic nitrogens is 3. The first-order valence-electron chi connectivity index (χ1n) is 6.67. The number of benzene rings is 1. The van der Waals surface area contributed by atoms with Gasteiger partial charge in [-0.15, -0.1) is 0 Å². The van der Waals surface area contributed by atoms with E-state index in [1.807, 2.05) is 25.1 Å². The Labute approximate surface area is 124 Å². The molecule has 1 aromatic heterocycles. The smallest absolute Gasteiger partial charge is 0.231 e. The van der Waals surface area contributed by atoms with Crippen LogP contribution in [0.3, 0.4) is 0 Å². The summed E-state index contributed by atoms with van der Waals surface area (Å²) < 4.78 is 0. The maximum Gasteiger partial charge on any atom is 0.231 e. The van der Waals surface area contributed by atoms with Gasteiger partial charge in [0.2, 0.25) is 17.2 Å². The molecule has 0 fully saturated rings. The molecule has 0 aliphatic carbocycles. The summed E-state index contributed by atoms with van der Waals surface area (Å²) in [6.07, 6.45) is 0. The van der Waals surface area contributed by atoms with Crippen molar-refractivity contribution in [3.8, 4) is 0 Å². The van der Waals surface area contributed by atoms with Crippen molar-refractivity contribution >= 4 is 23.5 Å². The molecular formula is C14H18ClN5. The van der Waals surface area contributed by atoms with Gasteiger partial charge in [0.25, 0.3) is 0 Å². The quantitative estimate of drug-likeness (QED) is 0.887. The minimum Gasteiger partial charge on any atom is -0.354 e. The van der Waals surface area contributed by atoms with Gasteiger partial charge in [0.1, 0.15) is 0 Å². The maximum atomic E-state index is 5.96. The number of rotatable bonds is 6. The van der Waals surface area contributed by atoms with E-state index < -0.39 is 0 Å². The SMILES string of the molecule is CCNc1nc(Cl)nc(N(CC)Cc2ccccc2)n1. The van der Waals surface area contributed by atoms with Crippen molar-refractivity contribution in [2.45, 2.75) is 20.4 Å². The lowest BCUT2D eigenvalue weighted by atomic mass is 10.2. The van der Waals surface area contributed by atoms with Crippen molar-refractivity contribution < 1.29 is 0 Å². The van der Waals surface area contributed by atoms with Crippen molar-refractivity contribution in [3.05, 3.63) is 41.2 Å². The fraction of sp³-hybridized carbons (Fsp3) is 0.357. The van der Waals surface area contributed by atoms with Crippen molar-refractivity contribution in [1.29, 1.82) is 0 Å². The Balaban J connectivity index is 2.22. The number of nitrogens with zero attached hydrogens (tertiary/aromatic N) is 4. The zero-order chi connectivity index (χ0) is 14.4. The molecule has 0 amide bonds. The lowest BCUT2D eigenvalue weighted by Gasteiger charge is -2.21. The van der Waals surface area contributed by atoms with E-state index in [1.165, 1.54) is 5.56 Å². The van der Waals surface area contributed by atoms with Gasteiger partial charge in [0.05, 0.1) is 0 Å². The summed E-state index contributed by atoms with van der Waals surface area (Å²) in [5.41, 5.74) is 1.20. The summed E-state index contributed by atoms with van der Waals surface area (Å²) in [6, 6.07) is 10.2. The maximum absolute atomic E-state index is 5.96. The predicted molar refractivity (Wildman–Crippen MR) is 82.2 cm³/mol. The molecule has 0 atom stereocenters. The fourth-order valence-corrected chi connectivity index (χ4v) is 2.00. The van der Waals surface area contributed by atoms with E-state index in [2.05, 4.69) is 44.2 Å². The van der Waals surface area contributed by atoms with Gasteiger partial charge in [-0.3, -0.25) is 0 Å². The summed E-state index contributed by atoms with van der Waals surface area (Å²) in [5, 5.41) is 3.26. The predicted octanol–water partition coefficient (Wildman–Crippen LogP) is 2.98. The molecule has 2 rings (SSSR count). The van der Waals surface area contributed by atoms with Gasteiger partial charge in [-0.05, 0) is 31.0 Å². The van der Waals surface area contributed by atoms with Gasteiger partial charge in [-0.25, -0.2) is 0 Å². The normalized spacial score (nSPS) is 10.3. The van der Waals surface area contributed by atoms with Crippen LogP contribution in [0.4, 0.5) is 11.9 Å². The molecule has 0 saturated heterocycles. The van der Waals surface area contributed by atoms with Crippen LogP contribution in [0, 0.1) is 0 Å². The number of anilines is 2. The minimum absolute atomic E-state index is 0.206. The second kappa shape index (κ2) is 7.05. The van der Waals surface area contributed by atoms with Gasteiger partial charge >= 0.3 is 0 Å². The van der Waals surface area contributed by atoms with E-state index in [0.29, 0.717) is 11.9 Å². The zero-order valence-corrected chi connectivity index (χ0v) is 12.4. The average Bonchev–Trinajstić information content (AvgIpc) is 2.45. The monoisotopic (exact) mass is 291 g/mol. The molecular weight excluding hydrogens is 274 g/mol. The van der Waals surface area contributed by atoms with Crippen LogP contribution in [0.2, 0.25) is 5.28 Å². The van der Waals surface area contributed by atoms with Crippen LogP contribution in [0.15, 0.2) is 30.3 Å². The largest absolute Gasteiger partial charge is 0.354 e. The summed E-state index contributed by atoms with van der Waals surface area (Å²) in [6.45, 7) is 6.32. The Kier molecular flexibility index (Phi) is 5.12. The highest BCUT2D eigenvalue weighted by molar-refractivity contribution is 6.28. The van der Waals surface area contributed by atoms with Crippen LogP contribution in [-0.4, -0.2) is 28.0 Å². The molecule has 1 heterocycles. The molecule has 2 aromatic rings. The van der Waals surface area contributed by atoms with Crippen molar-refractivity contribution in [2.24, 2.45) is 0 Å². The summed E-state index contributed by atoms with van der Waals surface area (Å²) in [4.78, 5) is 14.7. The van der Waals surface area contributed by atoms with Gasteiger partial charge in [-0.2, -0.15) is 15.0 Å². The molecule has 5 nitrogen and oxygen atoms in total. The fourth-order valence-electron chi connectivity index (χ4n) is 1.85. The Morgan fingerprint density at radius 3 is 2.50 bits per heavy atom. The summed E-state index contributed by atoms with van der Waals surface area (Å²) in [5.74, 6) is 1.10. The Morgan fingerprint density at radius 2 is 1.85 bits per heavy atom. The number of nitrogens with one attached hydrogen (secondary N) is 1. The van der Waals surface area contributed by atoms with E-state index >= 15 is 0 Å². The van der Waals surface area contributed by atoms with Crippen molar-refractivity contribution in [2.75, 3.05) is 23.3 Å². The lowest BCUT2D eigenvalue weighted by Crippen LogP contribution is -2.25. The first-order valence-corrected chi connectivity index (χ1v) is 7.05. The summed E-state index contributed by atoms with van der Waals surface area (Å²) in [7, 11) is 0. The third kappa shape index (κ3) is 3.81. The number of hydrogen-bond donors (Lipinski definition) is 1. The zero-order valence-electron chi connectivity index (χ0n) is 11.7. The van der Waals surface area contributed by atoms with Crippen LogP contribution in [-0.2, 0) is 6.54 Å². The molecule has 0 unspecified atom stereocenters. The Morgan fingerprint density at radius 1 is 1.10 bits per heavy atom.